The van der Waals surface area contributed by atoms with E-state index in [-0.39, 0.29) is 34.1 Å². The van der Waals surface area contributed by atoms with Gasteiger partial charge in [-0.1, -0.05) is 34.8 Å². The first-order valence-corrected chi connectivity index (χ1v) is 10.4. The van der Waals surface area contributed by atoms with E-state index in [2.05, 4.69) is 14.8 Å². The number of nitrogens with zero attached hydrogens (tertiary/aromatic N) is 2. The van der Waals surface area contributed by atoms with Gasteiger partial charge in [0.15, 0.2) is 0 Å². The van der Waals surface area contributed by atoms with Crippen molar-refractivity contribution in [2.75, 3.05) is 18.5 Å². The van der Waals surface area contributed by atoms with Crippen molar-refractivity contribution in [3.05, 3.63) is 32.9 Å². The van der Waals surface area contributed by atoms with E-state index in [0.717, 1.165) is 0 Å². The van der Waals surface area contributed by atoms with Crippen molar-refractivity contribution < 1.29 is 23.3 Å². The van der Waals surface area contributed by atoms with Gasteiger partial charge in [0.1, 0.15) is 6.07 Å². The van der Waals surface area contributed by atoms with Crippen molar-refractivity contribution in [3.8, 4) is 17.5 Å². The number of benzene rings is 1. The summed E-state index contributed by atoms with van der Waals surface area (Å²) in [7, 11) is -4.42. The first kappa shape index (κ1) is 22.0. The fourth-order valence-electron chi connectivity index (χ4n) is 2.13. The van der Waals surface area contributed by atoms with Crippen molar-refractivity contribution in [2.24, 2.45) is 0 Å². The van der Waals surface area contributed by atoms with E-state index in [9.17, 15) is 9.83 Å². The van der Waals surface area contributed by atoms with Crippen molar-refractivity contribution in [2.45, 2.75) is 19.3 Å². The molecule has 0 spiro atoms. The third kappa shape index (κ3) is 6.66. The Morgan fingerprint density at radius 1 is 1.26 bits per heavy atom. The lowest BCUT2D eigenvalue weighted by Crippen LogP contribution is -2.02. The summed E-state index contributed by atoms with van der Waals surface area (Å²) in [4.78, 5) is 21.3. The number of hydrogen-bond donors (Lipinski definition) is 3. The maximum Gasteiger partial charge on any atom is 0.469 e. The number of halogens is 3. The molecule has 0 saturated carbocycles. The van der Waals surface area contributed by atoms with Gasteiger partial charge in [-0.2, -0.15) is 10.2 Å². The number of phosphoric ester groups is 1. The number of aromatic nitrogens is 1. The minimum Gasteiger partial charge on any atom is -0.419 e. The molecule has 0 aliphatic carbocycles. The number of hydrogen-bond acceptors (Lipinski definition) is 6. The monoisotopic (exact) mass is 453 g/mol. The standard InChI is InChI=1S/C15H15Cl3N3O5P/c16-9-6-10(13(18)11(17)7-9)14-21-12(8-19)15(26-14)20-4-2-1-3-5-25-27(22,23)24/h6-7,20H,1-5H2,(H2,22,23,24). The maximum atomic E-state index is 10.5. The lowest BCUT2D eigenvalue weighted by atomic mass is 10.2. The molecule has 8 nitrogen and oxygen atoms in total. The fraction of sp³-hybridized carbons (Fsp3) is 0.333. The minimum atomic E-state index is -4.42. The highest BCUT2D eigenvalue weighted by Crippen LogP contribution is 2.38. The van der Waals surface area contributed by atoms with Crippen LogP contribution in [0.15, 0.2) is 16.5 Å². The average Bonchev–Trinajstić information content (AvgIpc) is 2.99. The Bertz CT molecular complexity index is 894. The molecule has 0 bridgehead atoms. The Kier molecular flexibility index (Phi) is 7.95. The van der Waals surface area contributed by atoms with Gasteiger partial charge in [0.05, 0.1) is 22.2 Å². The molecule has 3 N–H and O–H groups in total. The molecule has 0 amide bonds. The molecule has 146 valence electrons. The van der Waals surface area contributed by atoms with Gasteiger partial charge in [0, 0.05) is 11.6 Å². The third-order valence-corrected chi connectivity index (χ3v) is 4.86. The molecule has 0 radical (unpaired) electrons. The van der Waals surface area contributed by atoms with Crippen LogP contribution < -0.4 is 5.32 Å². The lowest BCUT2D eigenvalue weighted by Gasteiger charge is -2.05. The smallest absolute Gasteiger partial charge is 0.419 e. The first-order valence-electron chi connectivity index (χ1n) is 7.71. The SMILES string of the molecule is N#Cc1nc(-c2cc(Cl)cc(Cl)c2Cl)oc1NCCCCCOP(=O)(O)O. The van der Waals surface area contributed by atoms with Crippen molar-refractivity contribution in [3.63, 3.8) is 0 Å². The molecule has 0 aliphatic rings. The van der Waals surface area contributed by atoms with Crippen LogP contribution in [0.25, 0.3) is 11.5 Å². The van der Waals surface area contributed by atoms with Crippen LogP contribution in [-0.4, -0.2) is 27.9 Å². The van der Waals surface area contributed by atoms with Gasteiger partial charge >= 0.3 is 7.82 Å². The molecular weight excluding hydrogens is 440 g/mol. The summed E-state index contributed by atoms with van der Waals surface area (Å²) in [6.45, 7) is 0.428. The summed E-state index contributed by atoms with van der Waals surface area (Å²) in [5.74, 6) is 0.296. The predicted octanol–water partition coefficient (Wildman–Crippen LogP) is 4.86. The average molecular weight is 455 g/mol. The molecule has 12 heteroatoms. The Balaban J connectivity index is 1.96. The highest BCUT2D eigenvalue weighted by molar-refractivity contribution is 7.46. The topological polar surface area (TPSA) is 129 Å². The predicted molar refractivity (Wildman–Crippen MR) is 102 cm³/mol. The van der Waals surface area contributed by atoms with Crippen LogP contribution in [0.3, 0.4) is 0 Å². The Hall–Kier alpha value is -1.30. The van der Waals surface area contributed by atoms with Crippen molar-refractivity contribution in [1.82, 2.24) is 4.98 Å². The third-order valence-electron chi connectivity index (χ3n) is 3.32. The van der Waals surface area contributed by atoms with Crippen molar-refractivity contribution >= 4 is 48.5 Å². The molecule has 0 unspecified atom stereocenters. The van der Waals surface area contributed by atoms with Gasteiger partial charge < -0.3 is 19.5 Å². The highest BCUT2D eigenvalue weighted by Gasteiger charge is 2.18. The molecule has 1 aromatic carbocycles. The summed E-state index contributed by atoms with van der Waals surface area (Å²) in [6, 6.07) is 4.95. The summed E-state index contributed by atoms with van der Waals surface area (Å²) in [6.07, 6.45) is 1.80. The molecule has 2 aromatic rings. The number of nitrogens with one attached hydrogen (secondary N) is 1. The highest BCUT2D eigenvalue weighted by atomic mass is 35.5. The summed E-state index contributed by atoms with van der Waals surface area (Å²) in [5, 5.41) is 13.0. The number of phosphoric acid groups is 1. The number of nitriles is 1. The van der Waals surface area contributed by atoms with Gasteiger partial charge in [-0.3, -0.25) is 4.52 Å². The van der Waals surface area contributed by atoms with Crippen LogP contribution in [0, 0.1) is 11.3 Å². The van der Waals surface area contributed by atoms with Gasteiger partial charge in [-0.05, 0) is 31.4 Å². The van der Waals surface area contributed by atoms with Gasteiger partial charge in [0.25, 0.3) is 0 Å². The second-order valence-corrected chi connectivity index (χ2v) is 7.83. The van der Waals surface area contributed by atoms with Crippen LogP contribution in [0.5, 0.6) is 0 Å². The van der Waals surface area contributed by atoms with E-state index in [0.29, 0.717) is 36.4 Å². The Labute approximate surface area is 170 Å². The largest absolute Gasteiger partial charge is 0.469 e. The molecule has 1 aromatic heterocycles. The Morgan fingerprint density at radius 2 is 2.00 bits per heavy atom. The number of anilines is 1. The summed E-state index contributed by atoms with van der Waals surface area (Å²) >= 11 is 18.1. The van der Waals surface area contributed by atoms with Crippen LogP contribution >= 0.6 is 42.6 Å². The van der Waals surface area contributed by atoms with Gasteiger partial charge in [-0.25, -0.2) is 4.57 Å². The molecule has 1 heterocycles. The van der Waals surface area contributed by atoms with E-state index in [4.69, 9.17) is 49.0 Å². The maximum absolute atomic E-state index is 10.5. The quantitative estimate of drug-likeness (QED) is 0.278. The summed E-state index contributed by atoms with van der Waals surface area (Å²) in [5.41, 5.74) is 0.426. The molecule has 0 saturated heterocycles. The number of unbranched alkanes of at least 4 members (excludes halogenated alkanes) is 2. The zero-order valence-corrected chi connectivity index (χ0v) is 16.9. The minimum absolute atomic E-state index is 0.0335. The summed E-state index contributed by atoms with van der Waals surface area (Å²) < 4.78 is 20.5. The fourth-order valence-corrected chi connectivity index (χ4v) is 3.18. The molecule has 0 aliphatic heterocycles. The van der Waals surface area contributed by atoms with Crippen LogP contribution in [0.4, 0.5) is 5.88 Å². The Morgan fingerprint density at radius 3 is 2.67 bits per heavy atom. The van der Waals surface area contributed by atoms with E-state index < -0.39 is 7.82 Å². The first-order chi connectivity index (χ1) is 12.7. The zero-order chi connectivity index (χ0) is 20.0. The van der Waals surface area contributed by atoms with Crippen LogP contribution in [0.1, 0.15) is 25.0 Å². The van der Waals surface area contributed by atoms with Gasteiger partial charge in [0.2, 0.25) is 17.5 Å². The number of oxazole rings is 1. The van der Waals surface area contributed by atoms with E-state index in [1.165, 1.54) is 12.1 Å². The lowest BCUT2D eigenvalue weighted by molar-refractivity contribution is 0.193. The van der Waals surface area contributed by atoms with Crippen LogP contribution in [0.2, 0.25) is 15.1 Å². The molecular formula is C15H15Cl3N3O5P. The molecule has 0 fully saturated rings. The van der Waals surface area contributed by atoms with Gasteiger partial charge in [-0.15, -0.1) is 0 Å². The van der Waals surface area contributed by atoms with E-state index in [1.807, 2.05) is 6.07 Å². The van der Waals surface area contributed by atoms with Crippen LogP contribution in [-0.2, 0) is 9.09 Å². The second kappa shape index (κ2) is 9.76. The van der Waals surface area contributed by atoms with E-state index in [1.54, 1.807) is 0 Å². The second-order valence-electron chi connectivity index (χ2n) is 5.37. The van der Waals surface area contributed by atoms with E-state index >= 15 is 0 Å². The van der Waals surface area contributed by atoms with Crippen molar-refractivity contribution in [1.29, 1.82) is 5.26 Å². The molecule has 27 heavy (non-hydrogen) atoms. The molecule has 0 atom stereocenters. The normalized spacial score (nSPS) is 11.4. The number of rotatable bonds is 9. The zero-order valence-electron chi connectivity index (χ0n) is 13.8. The molecule has 2 rings (SSSR count).